The van der Waals surface area contributed by atoms with Crippen molar-refractivity contribution in [1.82, 2.24) is 19.9 Å². The zero-order valence-electron chi connectivity index (χ0n) is 16.5. The van der Waals surface area contributed by atoms with Crippen LogP contribution >= 0.6 is 0 Å². The van der Waals surface area contributed by atoms with Crippen LogP contribution in [0.2, 0.25) is 0 Å². The van der Waals surface area contributed by atoms with Crippen LogP contribution in [0.15, 0.2) is 48.8 Å². The summed E-state index contributed by atoms with van der Waals surface area (Å²) in [5, 5.41) is 0. The Labute approximate surface area is 166 Å². The first-order valence-corrected chi connectivity index (χ1v) is 10.3. The van der Waals surface area contributed by atoms with E-state index in [2.05, 4.69) is 15.0 Å². The first-order chi connectivity index (χ1) is 13.7. The van der Waals surface area contributed by atoms with Crippen molar-refractivity contribution in [3.63, 3.8) is 0 Å². The average Bonchev–Trinajstić information content (AvgIpc) is 3.18. The molecule has 1 aliphatic rings. The van der Waals surface area contributed by atoms with Gasteiger partial charge < -0.3 is 9.88 Å². The summed E-state index contributed by atoms with van der Waals surface area (Å²) in [5.41, 5.74) is 2.95. The Balaban J connectivity index is 1.55. The maximum Gasteiger partial charge on any atom is 0.233 e. The molecule has 1 fully saturated rings. The van der Waals surface area contributed by atoms with Gasteiger partial charge in [-0.25, -0.2) is 4.98 Å². The second kappa shape index (κ2) is 8.55. The zero-order chi connectivity index (χ0) is 19.3. The highest BCUT2D eigenvalue weighted by Crippen LogP contribution is 2.27. The largest absolute Gasteiger partial charge is 0.341 e. The Morgan fingerprint density at radius 1 is 1.18 bits per heavy atom. The van der Waals surface area contributed by atoms with Gasteiger partial charge in [0.2, 0.25) is 5.91 Å². The van der Waals surface area contributed by atoms with E-state index in [-0.39, 0.29) is 11.8 Å². The molecule has 2 aromatic heterocycles. The Kier molecular flexibility index (Phi) is 5.70. The topological polar surface area (TPSA) is 61.9 Å². The third-order valence-corrected chi connectivity index (χ3v) is 5.80. The third-order valence-electron chi connectivity index (χ3n) is 5.80. The lowest BCUT2D eigenvalue weighted by Crippen LogP contribution is -2.38. The number of para-hydroxylation sites is 2. The fourth-order valence-corrected chi connectivity index (χ4v) is 4.19. The highest BCUT2D eigenvalue weighted by molar-refractivity contribution is 5.84. The monoisotopic (exact) mass is 376 g/mol. The van der Waals surface area contributed by atoms with Crippen LogP contribution in [0.25, 0.3) is 11.0 Å². The molecule has 1 N–H and O–H groups in total. The van der Waals surface area contributed by atoms with Crippen LogP contribution in [0.5, 0.6) is 0 Å². The highest BCUT2D eigenvalue weighted by atomic mass is 16.2. The number of fused-ring (bicyclic) bond motifs is 1. The molecule has 0 aliphatic heterocycles. The van der Waals surface area contributed by atoms with E-state index in [0.29, 0.717) is 12.5 Å². The van der Waals surface area contributed by atoms with Gasteiger partial charge in [-0.3, -0.25) is 9.78 Å². The number of hydrogen-bond acceptors (Lipinski definition) is 3. The van der Waals surface area contributed by atoms with Crippen LogP contribution in [-0.2, 0) is 11.3 Å². The van der Waals surface area contributed by atoms with Crippen molar-refractivity contribution in [3.05, 3.63) is 60.2 Å². The van der Waals surface area contributed by atoms with Crippen LogP contribution in [0.4, 0.5) is 0 Å². The van der Waals surface area contributed by atoms with Gasteiger partial charge in [0, 0.05) is 25.5 Å². The van der Waals surface area contributed by atoms with Gasteiger partial charge >= 0.3 is 0 Å². The number of nitrogens with one attached hydrogen (secondary N) is 1. The molecule has 1 atom stereocenters. The van der Waals surface area contributed by atoms with E-state index in [1.165, 1.54) is 32.1 Å². The van der Waals surface area contributed by atoms with Gasteiger partial charge in [-0.05, 0) is 49.4 Å². The van der Waals surface area contributed by atoms with Gasteiger partial charge in [0.15, 0.2) is 0 Å². The summed E-state index contributed by atoms with van der Waals surface area (Å²) >= 11 is 0. The first kappa shape index (κ1) is 18.7. The number of hydrogen-bond donors (Lipinski definition) is 1. The number of rotatable bonds is 6. The third kappa shape index (κ3) is 4.24. The molecule has 146 valence electrons. The predicted molar refractivity (Wildman–Crippen MR) is 111 cm³/mol. The van der Waals surface area contributed by atoms with E-state index in [4.69, 9.17) is 0 Å². The van der Waals surface area contributed by atoms with Crippen LogP contribution in [0, 0.1) is 5.92 Å². The van der Waals surface area contributed by atoms with E-state index >= 15 is 0 Å². The lowest BCUT2D eigenvalue weighted by Gasteiger charge is -2.31. The lowest BCUT2D eigenvalue weighted by molar-refractivity contribution is -0.134. The molecule has 3 aromatic rings. The Morgan fingerprint density at radius 2 is 2.00 bits per heavy atom. The van der Waals surface area contributed by atoms with Crippen molar-refractivity contribution in [1.29, 1.82) is 0 Å². The second-order valence-electron chi connectivity index (χ2n) is 7.94. The minimum absolute atomic E-state index is 0.133. The molecule has 1 unspecified atom stereocenters. The van der Waals surface area contributed by atoms with Crippen molar-refractivity contribution < 1.29 is 4.79 Å². The minimum Gasteiger partial charge on any atom is -0.341 e. The number of carbonyl (C=O) groups excluding carboxylic acids is 1. The number of imidazole rings is 1. The molecule has 1 aromatic carbocycles. The highest BCUT2D eigenvalue weighted by Gasteiger charge is 2.27. The number of nitrogens with zero attached hydrogens (tertiary/aromatic N) is 3. The quantitative estimate of drug-likeness (QED) is 0.680. The molecule has 0 bridgehead atoms. The standard InChI is InChI=1S/C23H28N4O/c1-17(22-25-20-11-5-6-12-21(20)26-22)23(28)27(15-18-8-3-2-4-9-18)16-19-10-7-13-24-14-19/h5-7,10-14,17-18H,2-4,8-9,15-16H2,1H3,(H,25,26). The molecule has 4 rings (SSSR count). The fraction of sp³-hybridized carbons (Fsp3) is 0.435. The van der Waals surface area contributed by atoms with Gasteiger partial charge in [-0.15, -0.1) is 0 Å². The fourth-order valence-electron chi connectivity index (χ4n) is 4.19. The molecule has 0 spiro atoms. The molecule has 5 nitrogen and oxygen atoms in total. The van der Waals surface area contributed by atoms with Gasteiger partial charge in [0.05, 0.1) is 17.0 Å². The molecule has 5 heteroatoms. The normalized spacial score (nSPS) is 16.2. The van der Waals surface area contributed by atoms with Crippen molar-refractivity contribution >= 4 is 16.9 Å². The van der Waals surface area contributed by atoms with E-state index in [9.17, 15) is 4.79 Å². The van der Waals surface area contributed by atoms with Crippen molar-refractivity contribution in [2.75, 3.05) is 6.54 Å². The lowest BCUT2D eigenvalue weighted by atomic mass is 9.88. The molecular weight excluding hydrogens is 348 g/mol. The van der Waals surface area contributed by atoms with E-state index < -0.39 is 0 Å². The summed E-state index contributed by atoms with van der Waals surface area (Å²) < 4.78 is 0. The van der Waals surface area contributed by atoms with Gasteiger partial charge in [-0.1, -0.05) is 37.5 Å². The molecule has 2 heterocycles. The van der Waals surface area contributed by atoms with Crippen LogP contribution < -0.4 is 0 Å². The zero-order valence-corrected chi connectivity index (χ0v) is 16.5. The number of benzene rings is 1. The molecule has 1 saturated carbocycles. The van der Waals surface area contributed by atoms with Crippen LogP contribution in [0.1, 0.15) is 56.3 Å². The summed E-state index contributed by atoms with van der Waals surface area (Å²) in [7, 11) is 0. The Bertz CT molecular complexity index is 882. The van der Waals surface area contributed by atoms with E-state index in [1.807, 2.05) is 54.4 Å². The number of H-pyrrole nitrogens is 1. The number of pyridine rings is 1. The second-order valence-corrected chi connectivity index (χ2v) is 7.94. The molecule has 0 radical (unpaired) electrons. The van der Waals surface area contributed by atoms with Gasteiger partial charge in [0.25, 0.3) is 0 Å². The Morgan fingerprint density at radius 3 is 2.75 bits per heavy atom. The van der Waals surface area contributed by atoms with Crippen molar-refractivity contribution in [3.8, 4) is 0 Å². The van der Waals surface area contributed by atoms with Crippen molar-refractivity contribution in [2.45, 2.75) is 51.5 Å². The molecule has 1 aliphatic carbocycles. The number of aromatic nitrogens is 3. The molecular formula is C23H28N4O. The first-order valence-electron chi connectivity index (χ1n) is 10.3. The molecule has 1 amide bonds. The minimum atomic E-state index is -0.298. The number of amides is 1. The van der Waals surface area contributed by atoms with Gasteiger partial charge in [0.1, 0.15) is 5.82 Å². The Hall–Kier alpha value is -2.69. The smallest absolute Gasteiger partial charge is 0.233 e. The van der Waals surface area contributed by atoms with Gasteiger partial charge in [-0.2, -0.15) is 0 Å². The summed E-state index contributed by atoms with van der Waals surface area (Å²) in [6, 6.07) is 11.9. The maximum absolute atomic E-state index is 13.4. The summed E-state index contributed by atoms with van der Waals surface area (Å²) in [5.74, 6) is 1.17. The van der Waals surface area contributed by atoms with Crippen LogP contribution in [0.3, 0.4) is 0 Å². The van der Waals surface area contributed by atoms with Crippen molar-refractivity contribution in [2.24, 2.45) is 5.92 Å². The number of aromatic amines is 1. The summed E-state index contributed by atoms with van der Waals surface area (Å²) in [6.07, 6.45) is 9.94. The van der Waals surface area contributed by atoms with E-state index in [1.54, 1.807) is 6.20 Å². The average molecular weight is 377 g/mol. The van der Waals surface area contributed by atoms with Crippen LogP contribution in [-0.4, -0.2) is 32.3 Å². The predicted octanol–water partition coefficient (Wildman–Crippen LogP) is 4.67. The molecule has 0 saturated heterocycles. The molecule has 28 heavy (non-hydrogen) atoms. The number of carbonyl (C=O) groups is 1. The summed E-state index contributed by atoms with van der Waals surface area (Å²) in [4.78, 5) is 27.7. The SMILES string of the molecule is CC(C(=O)N(Cc1cccnc1)CC1CCCCC1)c1nc2ccccc2[nH]1. The van der Waals surface area contributed by atoms with E-state index in [0.717, 1.165) is 29.0 Å². The summed E-state index contributed by atoms with van der Waals surface area (Å²) in [6.45, 7) is 3.38. The maximum atomic E-state index is 13.4.